The van der Waals surface area contributed by atoms with Crippen molar-refractivity contribution >= 4 is 10.0 Å². The van der Waals surface area contributed by atoms with Gasteiger partial charge in [-0.2, -0.15) is 0 Å². The fraction of sp³-hybridized carbons (Fsp3) is 1.00. The third kappa shape index (κ3) is 5.24. The minimum Gasteiger partial charge on any atom is -0.317 e. The third-order valence-electron chi connectivity index (χ3n) is 3.92. The molecule has 2 unspecified atom stereocenters. The first-order valence-electron chi connectivity index (χ1n) is 7.09. The minimum atomic E-state index is -3.00. The van der Waals surface area contributed by atoms with Crippen LogP contribution < -0.4 is 5.32 Å². The van der Waals surface area contributed by atoms with Crippen molar-refractivity contribution < 1.29 is 8.42 Å². The Hall–Kier alpha value is -0.130. The molecule has 0 amide bonds. The molecule has 0 aromatic carbocycles. The van der Waals surface area contributed by atoms with E-state index in [4.69, 9.17) is 0 Å². The van der Waals surface area contributed by atoms with Crippen LogP contribution in [0.5, 0.6) is 0 Å². The van der Waals surface area contributed by atoms with Crippen LogP contribution in [0.2, 0.25) is 0 Å². The number of nitrogens with zero attached hydrogens (tertiary/aromatic N) is 1. The van der Waals surface area contributed by atoms with Crippen LogP contribution in [0.3, 0.4) is 0 Å². The summed E-state index contributed by atoms with van der Waals surface area (Å²) in [5.41, 5.74) is 0. The summed E-state index contributed by atoms with van der Waals surface area (Å²) < 4.78 is 24.7. The van der Waals surface area contributed by atoms with Crippen LogP contribution in [-0.2, 0) is 10.0 Å². The lowest BCUT2D eigenvalue weighted by Crippen LogP contribution is -2.39. The van der Waals surface area contributed by atoms with Gasteiger partial charge in [0.05, 0.1) is 6.26 Å². The highest BCUT2D eigenvalue weighted by Crippen LogP contribution is 2.23. The molecule has 1 aliphatic rings. The molecule has 0 aliphatic carbocycles. The SMILES string of the molecule is CCCC(CCC1CCCN(S(C)(=O)=O)C1)NC. The van der Waals surface area contributed by atoms with Crippen molar-refractivity contribution in [2.24, 2.45) is 5.92 Å². The maximum absolute atomic E-state index is 11.5. The second-order valence-corrected chi connectivity index (χ2v) is 7.46. The average molecular weight is 276 g/mol. The molecule has 1 fully saturated rings. The summed E-state index contributed by atoms with van der Waals surface area (Å²) in [6.45, 7) is 3.64. The molecule has 5 heteroatoms. The summed E-state index contributed by atoms with van der Waals surface area (Å²) in [5.74, 6) is 0.543. The number of piperidine rings is 1. The molecule has 0 bridgehead atoms. The summed E-state index contributed by atoms with van der Waals surface area (Å²) in [6.07, 6.45) is 8.21. The first-order valence-corrected chi connectivity index (χ1v) is 8.94. The number of rotatable bonds is 7. The fourth-order valence-corrected chi connectivity index (χ4v) is 3.72. The fourth-order valence-electron chi connectivity index (χ4n) is 2.78. The van der Waals surface area contributed by atoms with E-state index < -0.39 is 10.0 Å². The molecule has 108 valence electrons. The van der Waals surface area contributed by atoms with Crippen molar-refractivity contribution in [3.63, 3.8) is 0 Å². The Morgan fingerprint density at radius 2 is 2.11 bits per heavy atom. The molecule has 0 aromatic rings. The quantitative estimate of drug-likeness (QED) is 0.772. The summed E-state index contributed by atoms with van der Waals surface area (Å²) in [6, 6.07) is 0.587. The van der Waals surface area contributed by atoms with Gasteiger partial charge in [-0.05, 0) is 45.1 Å². The maximum Gasteiger partial charge on any atom is 0.211 e. The standard InChI is InChI=1S/C13H28N2O2S/c1-4-6-13(14-2)9-8-12-7-5-10-15(11-12)18(3,16)17/h12-14H,4-11H2,1-3H3. The highest BCUT2D eigenvalue weighted by molar-refractivity contribution is 7.88. The molecule has 0 radical (unpaired) electrons. The van der Waals surface area contributed by atoms with Crippen molar-refractivity contribution in [1.29, 1.82) is 0 Å². The molecular formula is C13H28N2O2S. The van der Waals surface area contributed by atoms with Gasteiger partial charge in [-0.15, -0.1) is 0 Å². The van der Waals surface area contributed by atoms with Crippen molar-refractivity contribution in [3.05, 3.63) is 0 Å². The molecule has 1 rings (SSSR count). The van der Waals surface area contributed by atoms with E-state index >= 15 is 0 Å². The molecule has 2 atom stereocenters. The largest absolute Gasteiger partial charge is 0.317 e. The van der Waals surface area contributed by atoms with Gasteiger partial charge in [-0.25, -0.2) is 12.7 Å². The second-order valence-electron chi connectivity index (χ2n) is 5.48. The molecule has 1 saturated heterocycles. The number of nitrogens with one attached hydrogen (secondary N) is 1. The topological polar surface area (TPSA) is 49.4 Å². The van der Waals surface area contributed by atoms with E-state index in [0.717, 1.165) is 25.8 Å². The third-order valence-corrected chi connectivity index (χ3v) is 5.19. The molecule has 4 nitrogen and oxygen atoms in total. The van der Waals surface area contributed by atoms with Gasteiger partial charge >= 0.3 is 0 Å². The zero-order valence-corrected chi connectivity index (χ0v) is 12.8. The zero-order valence-electron chi connectivity index (χ0n) is 12.0. The molecule has 1 heterocycles. The van der Waals surface area contributed by atoms with Crippen LogP contribution in [0.25, 0.3) is 0 Å². The molecule has 0 spiro atoms. The van der Waals surface area contributed by atoms with Gasteiger partial charge in [-0.1, -0.05) is 13.3 Å². The molecule has 0 saturated carbocycles. The van der Waals surface area contributed by atoms with Crippen LogP contribution in [0, 0.1) is 5.92 Å². The van der Waals surface area contributed by atoms with Gasteiger partial charge in [0.1, 0.15) is 0 Å². The first kappa shape index (κ1) is 15.9. The minimum absolute atomic E-state index is 0.543. The van der Waals surface area contributed by atoms with Crippen molar-refractivity contribution in [3.8, 4) is 0 Å². The number of hydrogen-bond donors (Lipinski definition) is 1. The van der Waals surface area contributed by atoms with Gasteiger partial charge in [0, 0.05) is 19.1 Å². The van der Waals surface area contributed by atoms with E-state index in [2.05, 4.69) is 12.2 Å². The highest BCUT2D eigenvalue weighted by Gasteiger charge is 2.25. The summed E-state index contributed by atoms with van der Waals surface area (Å²) in [5, 5.41) is 3.35. The molecule has 1 aliphatic heterocycles. The van der Waals surface area contributed by atoms with Crippen LogP contribution in [0.15, 0.2) is 0 Å². The van der Waals surface area contributed by atoms with Crippen molar-refractivity contribution in [2.45, 2.75) is 51.5 Å². The highest BCUT2D eigenvalue weighted by atomic mass is 32.2. The number of hydrogen-bond acceptors (Lipinski definition) is 3. The van der Waals surface area contributed by atoms with E-state index in [0.29, 0.717) is 18.5 Å². The number of sulfonamides is 1. The van der Waals surface area contributed by atoms with Crippen molar-refractivity contribution in [2.75, 3.05) is 26.4 Å². The normalized spacial score (nSPS) is 24.1. The zero-order chi connectivity index (χ0) is 13.6. The van der Waals surface area contributed by atoms with Gasteiger partial charge in [0.15, 0.2) is 0 Å². The van der Waals surface area contributed by atoms with Crippen LogP contribution >= 0.6 is 0 Å². The van der Waals surface area contributed by atoms with E-state index in [9.17, 15) is 8.42 Å². The average Bonchev–Trinajstić information content (AvgIpc) is 2.34. The lowest BCUT2D eigenvalue weighted by Gasteiger charge is -2.31. The Morgan fingerprint density at radius 3 is 2.67 bits per heavy atom. The van der Waals surface area contributed by atoms with Gasteiger partial charge < -0.3 is 5.32 Å². The second kappa shape index (κ2) is 7.46. The van der Waals surface area contributed by atoms with Gasteiger partial charge in [0.2, 0.25) is 10.0 Å². The Morgan fingerprint density at radius 1 is 1.39 bits per heavy atom. The lowest BCUT2D eigenvalue weighted by molar-refractivity contribution is 0.246. The van der Waals surface area contributed by atoms with Gasteiger partial charge in [-0.3, -0.25) is 0 Å². The lowest BCUT2D eigenvalue weighted by atomic mass is 9.92. The van der Waals surface area contributed by atoms with Crippen LogP contribution in [-0.4, -0.2) is 45.2 Å². The monoisotopic (exact) mass is 276 g/mol. The summed E-state index contributed by atoms with van der Waals surface area (Å²) >= 11 is 0. The van der Waals surface area contributed by atoms with Crippen molar-refractivity contribution in [1.82, 2.24) is 9.62 Å². The Labute approximate surface area is 112 Å². The van der Waals surface area contributed by atoms with E-state index in [1.807, 2.05) is 7.05 Å². The Balaban J connectivity index is 2.38. The predicted octanol–water partition coefficient (Wildman–Crippen LogP) is 1.83. The molecule has 1 N–H and O–H groups in total. The van der Waals surface area contributed by atoms with E-state index in [1.165, 1.54) is 25.5 Å². The molecule has 18 heavy (non-hydrogen) atoms. The smallest absolute Gasteiger partial charge is 0.211 e. The van der Waals surface area contributed by atoms with Crippen LogP contribution in [0.1, 0.15) is 45.4 Å². The first-order chi connectivity index (χ1) is 8.47. The van der Waals surface area contributed by atoms with E-state index in [1.54, 1.807) is 4.31 Å². The van der Waals surface area contributed by atoms with Gasteiger partial charge in [0.25, 0.3) is 0 Å². The maximum atomic E-state index is 11.5. The predicted molar refractivity (Wildman–Crippen MR) is 76.1 cm³/mol. The Kier molecular flexibility index (Phi) is 6.60. The summed E-state index contributed by atoms with van der Waals surface area (Å²) in [4.78, 5) is 0. The molecular weight excluding hydrogens is 248 g/mol. The molecule has 0 aromatic heterocycles. The summed E-state index contributed by atoms with van der Waals surface area (Å²) in [7, 11) is -0.978. The Bertz CT molecular complexity index is 330. The van der Waals surface area contributed by atoms with Crippen LogP contribution in [0.4, 0.5) is 0 Å². The van der Waals surface area contributed by atoms with E-state index in [-0.39, 0.29) is 0 Å².